The molecule has 5 heteroatoms. The molecule has 4 nitrogen and oxygen atoms in total. The van der Waals surface area contributed by atoms with E-state index in [1.54, 1.807) is 22.8 Å². The molecule has 1 heterocycles. The lowest BCUT2D eigenvalue weighted by Crippen LogP contribution is -1.98. The van der Waals surface area contributed by atoms with Gasteiger partial charge in [-0.15, -0.1) is 11.8 Å². The average molecular weight is 234 g/mol. The van der Waals surface area contributed by atoms with Crippen molar-refractivity contribution in [2.45, 2.75) is 17.6 Å². The van der Waals surface area contributed by atoms with Crippen LogP contribution in [0.3, 0.4) is 0 Å². The van der Waals surface area contributed by atoms with Crippen molar-refractivity contribution in [1.29, 1.82) is 0 Å². The van der Waals surface area contributed by atoms with E-state index < -0.39 is 0 Å². The minimum atomic E-state index is 0.806. The first kappa shape index (κ1) is 11.0. The molecule has 0 spiro atoms. The summed E-state index contributed by atoms with van der Waals surface area (Å²) in [6.45, 7) is 2.04. The van der Waals surface area contributed by atoms with Gasteiger partial charge in [0.05, 0.1) is 5.75 Å². The molecule has 84 valence electrons. The molecule has 0 fully saturated rings. The number of aromatic nitrogens is 3. The maximum absolute atomic E-state index is 5.85. The van der Waals surface area contributed by atoms with Crippen LogP contribution in [0.1, 0.15) is 11.4 Å². The molecule has 2 aromatic rings. The van der Waals surface area contributed by atoms with Crippen LogP contribution in [0.5, 0.6) is 0 Å². The number of nitrogens with zero attached hydrogens (tertiary/aromatic N) is 3. The Morgan fingerprint density at radius 2 is 2.25 bits per heavy atom. The molecular formula is C11H14N4S. The molecule has 0 atom stereocenters. The van der Waals surface area contributed by atoms with Gasteiger partial charge in [0.1, 0.15) is 12.2 Å². The zero-order chi connectivity index (χ0) is 11.5. The Morgan fingerprint density at radius 3 is 2.94 bits per heavy atom. The normalized spacial score (nSPS) is 10.6. The fourth-order valence-electron chi connectivity index (χ4n) is 1.38. The first-order valence-corrected chi connectivity index (χ1v) is 5.98. The van der Waals surface area contributed by atoms with Gasteiger partial charge in [0.15, 0.2) is 0 Å². The lowest BCUT2D eigenvalue weighted by atomic mass is 10.2. The van der Waals surface area contributed by atoms with Crippen LogP contribution in [0.25, 0.3) is 0 Å². The predicted molar refractivity (Wildman–Crippen MR) is 66.2 cm³/mol. The van der Waals surface area contributed by atoms with Gasteiger partial charge in [-0.05, 0) is 24.6 Å². The summed E-state index contributed by atoms with van der Waals surface area (Å²) in [5.74, 6) is 1.77. The molecule has 0 saturated heterocycles. The van der Waals surface area contributed by atoms with Crippen LogP contribution in [0, 0.1) is 6.92 Å². The number of hydrogen-bond acceptors (Lipinski definition) is 4. The summed E-state index contributed by atoms with van der Waals surface area (Å²) in [6.07, 6.45) is 1.57. The standard InChI is InChI=1S/C11H14N4S/c1-8-9(12)4-3-5-10(8)16-6-11-13-7-14-15(11)2/h3-5,7H,6,12H2,1-2H3. The number of anilines is 1. The second-order valence-corrected chi connectivity index (χ2v) is 4.58. The van der Waals surface area contributed by atoms with Crippen LogP contribution in [-0.4, -0.2) is 14.8 Å². The Balaban J connectivity index is 2.11. The molecule has 0 bridgehead atoms. The van der Waals surface area contributed by atoms with Crippen LogP contribution < -0.4 is 5.73 Å². The highest BCUT2D eigenvalue weighted by Crippen LogP contribution is 2.28. The van der Waals surface area contributed by atoms with Crippen LogP contribution >= 0.6 is 11.8 Å². The third kappa shape index (κ3) is 2.19. The fraction of sp³-hybridized carbons (Fsp3) is 0.273. The van der Waals surface area contributed by atoms with Crippen molar-refractivity contribution in [2.24, 2.45) is 7.05 Å². The van der Waals surface area contributed by atoms with Crippen molar-refractivity contribution in [1.82, 2.24) is 14.8 Å². The second kappa shape index (κ2) is 4.57. The molecule has 16 heavy (non-hydrogen) atoms. The quantitative estimate of drug-likeness (QED) is 0.652. The summed E-state index contributed by atoms with van der Waals surface area (Å²) < 4.78 is 1.79. The van der Waals surface area contributed by atoms with Crippen molar-refractivity contribution >= 4 is 17.4 Å². The number of nitrogens with two attached hydrogens (primary N) is 1. The van der Waals surface area contributed by atoms with Gasteiger partial charge in [0, 0.05) is 17.6 Å². The molecule has 1 aromatic carbocycles. The lowest BCUT2D eigenvalue weighted by molar-refractivity contribution is 0.730. The molecule has 0 unspecified atom stereocenters. The van der Waals surface area contributed by atoms with Crippen molar-refractivity contribution in [3.8, 4) is 0 Å². The van der Waals surface area contributed by atoms with E-state index in [1.807, 2.05) is 26.1 Å². The van der Waals surface area contributed by atoms with Crippen molar-refractivity contribution in [3.05, 3.63) is 35.9 Å². The number of aryl methyl sites for hydroxylation is 1. The van der Waals surface area contributed by atoms with Crippen LogP contribution in [-0.2, 0) is 12.8 Å². The Bertz CT molecular complexity index is 492. The molecule has 0 amide bonds. The minimum Gasteiger partial charge on any atom is -0.398 e. The van der Waals surface area contributed by atoms with E-state index in [-0.39, 0.29) is 0 Å². The first-order valence-electron chi connectivity index (χ1n) is 4.99. The Hall–Kier alpha value is -1.49. The Labute approximate surface area is 98.9 Å². The Morgan fingerprint density at radius 1 is 1.44 bits per heavy atom. The van der Waals surface area contributed by atoms with E-state index >= 15 is 0 Å². The van der Waals surface area contributed by atoms with E-state index in [0.29, 0.717) is 0 Å². The van der Waals surface area contributed by atoms with Crippen LogP contribution in [0.2, 0.25) is 0 Å². The molecule has 0 saturated carbocycles. The highest BCUT2D eigenvalue weighted by atomic mass is 32.2. The SMILES string of the molecule is Cc1c(N)cccc1SCc1ncnn1C. The maximum atomic E-state index is 5.85. The third-order valence-corrected chi connectivity index (χ3v) is 3.64. The first-order chi connectivity index (χ1) is 7.68. The molecule has 1 aromatic heterocycles. The summed E-state index contributed by atoms with van der Waals surface area (Å²) >= 11 is 1.73. The van der Waals surface area contributed by atoms with Gasteiger partial charge < -0.3 is 5.73 Å². The van der Waals surface area contributed by atoms with E-state index in [0.717, 1.165) is 22.8 Å². The third-order valence-electron chi connectivity index (χ3n) is 2.49. The molecular weight excluding hydrogens is 220 g/mol. The highest BCUT2D eigenvalue weighted by molar-refractivity contribution is 7.98. The summed E-state index contributed by atoms with van der Waals surface area (Å²) in [6, 6.07) is 5.97. The largest absolute Gasteiger partial charge is 0.398 e. The van der Waals surface area contributed by atoms with Crippen LogP contribution in [0.4, 0.5) is 5.69 Å². The monoisotopic (exact) mass is 234 g/mol. The molecule has 2 N–H and O–H groups in total. The van der Waals surface area contributed by atoms with E-state index in [2.05, 4.69) is 16.1 Å². The van der Waals surface area contributed by atoms with Crippen LogP contribution in [0.15, 0.2) is 29.4 Å². The maximum Gasteiger partial charge on any atom is 0.138 e. The van der Waals surface area contributed by atoms with Gasteiger partial charge in [0.2, 0.25) is 0 Å². The minimum absolute atomic E-state index is 0.806. The number of hydrogen-bond donors (Lipinski definition) is 1. The number of thioether (sulfide) groups is 1. The van der Waals surface area contributed by atoms with Crippen molar-refractivity contribution in [2.75, 3.05) is 5.73 Å². The summed E-state index contributed by atoms with van der Waals surface area (Å²) in [4.78, 5) is 5.38. The second-order valence-electron chi connectivity index (χ2n) is 3.56. The zero-order valence-electron chi connectivity index (χ0n) is 9.34. The molecule has 0 aliphatic carbocycles. The summed E-state index contributed by atoms with van der Waals surface area (Å²) in [5, 5.41) is 4.04. The fourth-order valence-corrected chi connectivity index (χ4v) is 2.44. The summed E-state index contributed by atoms with van der Waals surface area (Å²) in [5.41, 5.74) is 7.82. The molecule has 0 radical (unpaired) electrons. The smallest absolute Gasteiger partial charge is 0.138 e. The molecule has 0 aliphatic heterocycles. The summed E-state index contributed by atoms with van der Waals surface area (Å²) in [7, 11) is 1.90. The lowest BCUT2D eigenvalue weighted by Gasteiger charge is -2.07. The van der Waals surface area contributed by atoms with Gasteiger partial charge in [0.25, 0.3) is 0 Å². The van der Waals surface area contributed by atoms with E-state index in [4.69, 9.17) is 5.73 Å². The highest BCUT2D eigenvalue weighted by Gasteiger charge is 2.05. The predicted octanol–water partition coefficient (Wildman–Crippen LogP) is 2.00. The van der Waals surface area contributed by atoms with Crippen molar-refractivity contribution < 1.29 is 0 Å². The topological polar surface area (TPSA) is 56.7 Å². The van der Waals surface area contributed by atoms with Gasteiger partial charge in [-0.3, -0.25) is 4.68 Å². The van der Waals surface area contributed by atoms with E-state index in [1.165, 1.54) is 4.90 Å². The van der Waals surface area contributed by atoms with Gasteiger partial charge in [-0.2, -0.15) is 5.10 Å². The number of nitrogen functional groups attached to an aromatic ring is 1. The van der Waals surface area contributed by atoms with Gasteiger partial charge in [-0.25, -0.2) is 4.98 Å². The van der Waals surface area contributed by atoms with Crippen molar-refractivity contribution in [3.63, 3.8) is 0 Å². The van der Waals surface area contributed by atoms with Gasteiger partial charge in [-0.1, -0.05) is 6.07 Å². The van der Waals surface area contributed by atoms with E-state index in [9.17, 15) is 0 Å². The van der Waals surface area contributed by atoms with Gasteiger partial charge >= 0.3 is 0 Å². The molecule has 0 aliphatic rings. The molecule has 2 rings (SSSR count). The number of rotatable bonds is 3. The zero-order valence-corrected chi connectivity index (χ0v) is 10.2. The number of benzene rings is 1. The average Bonchev–Trinajstić information content (AvgIpc) is 2.67. The Kier molecular flexibility index (Phi) is 3.14.